The second kappa shape index (κ2) is 12.1. The summed E-state index contributed by atoms with van der Waals surface area (Å²) in [6, 6.07) is 51.6. The molecule has 9 rings (SSSR count). The summed E-state index contributed by atoms with van der Waals surface area (Å²) < 4.78 is 0. The van der Waals surface area contributed by atoms with Crippen LogP contribution in [0.3, 0.4) is 0 Å². The lowest BCUT2D eigenvalue weighted by atomic mass is 9.83. The van der Waals surface area contributed by atoms with Crippen LogP contribution < -0.4 is 0 Å². The maximum absolute atomic E-state index is 4.81. The zero-order chi connectivity index (χ0) is 31.9. The molecule has 0 aromatic heterocycles. The van der Waals surface area contributed by atoms with Gasteiger partial charge in [0.1, 0.15) is 0 Å². The normalized spacial score (nSPS) is 16.0. The third-order valence-corrected chi connectivity index (χ3v) is 10.1. The summed E-state index contributed by atoms with van der Waals surface area (Å²) in [5.74, 6) is 0. The highest BCUT2D eigenvalue weighted by Crippen LogP contribution is 2.46. The van der Waals surface area contributed by atoms with Gasteiger partial charge in [-0.05, 0) is 108 Å². The van der Waals surface area contributed by atoms with E-state index >= 15 is 0 Å². The first-order valence-electron chi connectivity index (χ1n) is 17.0. The zero-order valence-electron chi connectivity index (χ0n) is 26.8. The van der Waals surface area contributed by atoms with Crippen molar-refractivity contribution in [3.8, 4) is 33.4 Å². The molecule has 0 fully saturated rings. The third kappa shape index (κ3) is 4.91. The van der Waals surface area contributed by atoms with E-state index < -0.39 is 0 Å². The Morgan fingerprint density at radius 3 is 1.67 bits per heavy atom. The van der Waals surface area contributed by atoms with E-state index in [0.717, 1.165) is 19.3 Å². The largest absolute Gasteiger partial charge is 0.285 e. The molecule has 7 aromatic carbocycles. The van der Waals surface area contributed by atoms with Crippen molar-refractivity contribution in [2.75, 3.05) is 0 Å². The van der Waals surface area contributed by atoms with Crippen molar-refractivity contribution in [1.82, 2.24) is 0 Å². The average molecular weight is 614 g/mol. The Bertz CT molecular complexity index is 2400. The second-order valence-corrected chi connectivity index (χ2v) is 12.9. The van der Waals surface area contributed by atoms with Gasteiger partial charge in [0.2, 0.25) is 0 Å². The molecule has 1 heteroatoms. The number of hydrogen-bond donors (Lipinski definition) is 0. The number of hydrogen-bond acceptors (Lipinski definition) is 1. The summed E-state index contributed by atoms with van der Waals surface area (Å²) in [7, 11) is 0. The fraction of sp³-hybridized carbons (Fsp3) is 0.0851. The molecule has 0 bridgehead atoms. The van der Waals surface area contributed by atoms with Crippen molar-refractivity contribution in [3.05, 3.63) is 175 Å². The minimum atomic E-state index is 0.208. The Morgan fingerprint density at radius 2 is 1.02 bits per heavy atom. The molecular weight excluding hydrogens is 579 g/mol. The molecule has 1 nitrogen and oxygen atoms in total. The molecule has 0 radical (unpaired) electrons. The maximum atomic E-state index is 4.81. The Balaban J connectivity index is 1.19. The van der Waals surface area contributed by atoms with E-state index in [1.54, 1.807) is 0 Å². The van der Waals surface area contributed by atoms with Crippen molar-refractivity contribution < 1.29 is 0 Å². The fourth-order valence-corrected chi connectivity index (χ4v) is 7.83. The van der Waals surface area contributed by atoms with Gasteiger partial charge < -0.3 is 0 Å². The van der Waals surface area contributed by atoms with Gasteiger partial charge in [0.05, 0.1) is 6.04 Å². The minimum absolute atomic E-state index is 0.208. The van der Waals surface area contributed by atoms with E-state index in [0.29, 0.717) is 0 Å². The van der Waals surface area contributed by atoms with Crippen LogP contribution in [0.25, 0.3) is 71.3 Å². The quantitative estimate of drug-likeness (QED) is 0.171. The molecule has 1 aliphatic carbocycles. The van der Waals surface area contributed by atoms with Crippen LogP contribution in [-0.2, 0) is 0 Å². The van der Waals surface area contributed by atoms with Gasteiger partial charge in [-0.2, -0.15) is 0 Å². The molecule has 0 amide bonds. The monoisotopic (exact) mass is 613 g/mol. The first kappa shape index (κ1) is 28.4. The summed E-state index contributed by atoms with van der Waals surface area (Å²) in [6.45, 7) is 0. The number of aliphatic imine (C=N–C) groups is 1. The van der Waals surface area contributed by atoms with Crippen LogP contribution in [0.15, 0.2) is 174 Å². The lowest BCUT2D eigenvalue weighted by Gasteiger charge is -2.21. The summed E-state index contributed by atoms with van der Waals surface area (Å²) in [4.78, 5) is 4.81. The fourth-order valence-electron chi connectivity index (χ4n) is 7.83. The Morgan fingerprint density at radius 1 is 0.458 bits per heavy atom. The molecule has 1 heterocycles. The molecular formula is C47H35N. The van der Waals surface area contributed by atoms with E-state index in [9.17, 15) is 0 Å². The number of fused-ring (bicyclic) bond motifs is 3. The number of dihydropyridines is 1. The van der Waals surface area contributed by atoms with Crippen LogP contribution >= 0.6 is 0 Å². The molecule has 2 aliphatic rings. The van der Waals surface area contributed by atoms with Crippen molar-refractivity contribution in [1.29, 1.82) is 0 Å². The molecule has 0 saturated carbocycles. The Kier molecular flexibility index (Phi) is 7.17. The van der Waals surface area contributed by atoms with Crippen molar-refractivity contribution >= 4 is 44.1 Å². The van der Waals surface area contributed by atoms with Crippen LogP contribution in [0, 0.1) is 0 Å². The first-order chi connectivity index (χ1) is 23.8. The highest BCUT2D eigenvalue weighted by Gasteiger charge is 2.20. The highest BCUT2D eigenvalue weighted by molar-refractivity contribution is 6.24. The second-order valence-electron chi connectivity index (χ2n) is 12.9. The lowest BCUT2D eigenvalue weighted by molar-refractivity contribution is 0.796. The van der Waals surface area contributed by atoms with Gasteiger partial charge in [-0.25, -0.2) is 0 Å². The van der Waals surface area contributed by atoms with Crippen LogP contribution in [0.5, 0.6) is 0 Å². The number of benzene rings is 7. The van der Waals surface area contributed by atoms with Gasteiger partial charge in [0.15, 0.2) is 0 Å². The van der Waals surface area contributed by atoms with Crippen LogP contribution in [0.2, 0.25) is 0 Å². The minimum Gasteiger partial charge on any atom is -0.285 e. The van der Waals surface area contributed by atoms with Gasteiger partial charge in [0.25, 0.3) is 0 Å². The zero-order valence-corrected chi connectivity index (χ0v) is 26.8. The predicted molar refractivity (Wildman–Crippen MR) is 207 cm³/mol. The summed E-state index contributed by atoms with van der Waals surface area (Å²) >= 11 is 0. The van der Waals surface area contributed by atoms with E-state index in [-0.39, 0.29) is 6.04 Å². The molecule has 1 unspecified atom stereocenters. The van der Waals surface area contributed by atoms with Gasteiger partial charge in [0, 0.05) is 6.21 Å². The molecule has 228 valence electrons. The standard InChI is InChI=1S/C47H35N/c1-3-13-33(14-4-1)37-27-28-44(39-18-8-7-17-38(37)39)47-42-21-11-9-19-40(42)46(41-20-10-12-22-43(41)47)35-25-23-32(24-26-35)36-29-30-48-45(31-36)34-15-5-2-6-16-34/h1,3-5,7-30,45H,2,6,31H2. The average Bonchev–Trinajstić information content (AvgIpc) is 3.17. The van der Waals surface area contributed by atoms with Crippen LogP contribution in [0.4, 0.5) is 0 Å². The van der Waals surface area contributed by atoms with Gasteiger partial charge in [-0.15, -0.1) is 0 Å². The van der Waals surface area contributed by atoms with Gasteiger partial charge >= 0.3 is 0 Å². The molecule has 48 heavy (non-hydrogen) atoms. The molecule has 1 atom stereocenters. The number of nitrogens with zero attached hydrogens (tertiary/aromatic N) is 1. The van der Waals surface area contributed by atoms with Crippen molar-refractivity contribution in [2.45, 2.75) is 25.3 Å². The topological polar surface area (TPSA) is 12.4 Å². The van der Waals surface area contributed by atoms with Gasteiger partial charge in [-0.1, -0.05) is 158 Å². The molecule has 1 aliphatic heterocycles. The summed E-state index contributed by atoms with van der Waals surface area (Å²) in [5, 5.41) is 7.64. The number of rotatable bonds is 5. The van der Waals surface area contributed by atoms with E-state index in [2.05, 4.69) is 164 Å². The SMILES string of the molecule is C1=CC(C2CC(c3ccc(-c4c5ccccc5c(-c5ccc(-c6ccccc6)c6ccccc56)c5ccccc45)cc3)=CC=N2)=CCC1. The predicted octanol–water partition coefficient (Wildman–Crippen LogP) is 12.7. The highest BCUT2D eigenvalue weighted by atomic mass is 14.8. The molecule has 0 saturated heterocycles. The smallest absolute Gasteiger partial charge is 0.0786 e. The van der Waals surface area contributed by atoms with Crippen LogP contribution in [0.1, 0.15) is 24.8 Å². The number of allylic oxidation sites excluding steroid dienone is 3. The lowest BCUT2D eigenvalue weighted by Crippen LogP contribution is -2.12. The van der Waals surface area contributed by atoms with E-state index in [4.69, 9.17) is 4.99 Å². The summed E-state index contributed by atoms with van der Waals surface area (Å²) in [6.07, 6.45) is 14.3. The van der Waals surface area contributed by atoms with Crippen LogP contribution in [-0.4, -0.2) is 12.3 Å². The van der Waals surface area contributed by atoms with Gasteiger partial charge in [-0.3, -0.25) is 4.99 Å². The molecule has 0 spiro atoms. The Hall–Kier alpha value is -5.79. The molecule has 7 aromatic rings. The van der Waals surface area contributed by atoms with Crippen molar-refractivity contribution in [2.24, 2.45) is 4.99 Å². The third-order valence-electron chi connectivity index (χ3n) is 10.1. The first-order valence-corrected chi connectivity index (χ1v) is 17.0. The Labute approximate surface area is 281 Å². The molecule has 0 N–H and O–H groups in total. The maximum Gasteiger partial charge on any atom is 0.0786 e. The van der Waals surface area contributed by atoms with E-state index in [1.807, 2.05) is 6.21 Å². The summed E-state index contributed by atoms with van der Waals surface area (Å²) in [5.41, 5.74) is 11.5. The van der Waals surface area contributed by atoms with E-state index in [1.165, 1.54) is 82.4 Å². The van der Waals surface area contributed by atoms with Crippen molar-refractivity contribution in [3.63, 3.8) is 0 Å².